The van der Waals surface area contributed by atoms with Crippen molar-refractivity contribution in [1.82, 2.24) is 0 Å². The van der Waals surface area contributed by atoms with Crippen molar-refractivity contribution in [3.8, 4) is 0 Å². The highest BCUT2D eigenvalue weighted by Crippen LogP contribution is 2.12. The smallest absolute Gasteiger partial charge is 0.0630 e. The second kappa shape index (κ2) is 6.05. The molecule has 0 aliphatic rings. The third kappa shape index (κ3) is 6.43. The summed E-state index contributed by atoms with van der Waals surface area (Å²) in [6.07, 6.45) is 1.94. The third-order valence-electron chi connectivity index (χ3n) is 1.24. The quantitative estimate of drug-likeness (QED) is 0.669. The minimum absolute atomic E-state index is 0.0857. The van der Waals surface area contributed by atoms with Crippen LogP contribution in [0.5, 0.6) is 0 Å². The molecule has 2 heteroatoms. The van der Waals surface area contributed by atoms with E-state index in [1.165, 1.54) is 0 Å². The van der Waals surface area contributed by atoms with Crippen molar-refractivity contribution >= 4 is 11.8 Å². The normalized spacial score (nSPS) is 14.1. The Balaban J connectivity index is 3.12. The molecule has 0 fully saturated rings. The average Bonchev–Trinajstić information content (AvgIpc) is 1.85. The van der Waals surface area contributed by atoms with Gasteiger partial charge in [0.2, 0.25) is 0 Å². The van der Waals surface area contributed by atoms with Crippen LogP contribution in [0.4, 0.5) is 0 Å². The first kappa shape index (κ1) is 10.3. The van der Waals surface area contributed by atoms with Crippen LogP contribution in [-0.4, -0.2) is 22.2 Å². The van der Waals surface area contributed by atoms with Crippen LogP contribution in [0.25, 0.3) is 0 Å². The molecule has 0 heterocycles. The lowest BCUT2D eigenvalue weighted by Gasteiger charge is -2.09. The van der Waals surface area contributed by atoms with Crippen LogP contribution in [-0.2, 0) is 0 Å². The van der Waals surface area contributed by atoms with Crippen molar-refractivity contribution in [3.05, 3.63) is 0 Å². The summed E-state index contributed by atoms with van der Waals surface area (Å²) in [6, 6.07) is 0. The molecule has 0 aromatic rings. The minimum Gasteiger partial charge on any atom is -0.392 e. The summed E-state index contributed by atoms with van der Waals surface area (Å²) in [5.74, 6) is 0.894. The standard InChI is InChI=1S/C8H18OS/c1-4-5-8(9)6-10-7(2)3/h7-9H,4-6H2,1-3H3. The Bertz CT molecular complexity index is 73.7. The summed E-state index contributed by atoms with van der Waals surface area (Å²) in [7, 11) is 0. The van der Waals surface area contributed by atoms with E-state index in [1.54, 1.807) is 0 Å². The fourth-order valence-corrected chi connectivity index (χ4v) is 1.49. The van der Waals surface area contributed by atoms with Gasteiger partial charge in [0.1, 0.15) is 0 Å². The van der Waals surface area contributed by atoms with Crippen LogP contribution < -0.4 is 0 Å². The van der Waals surface area contributed by atoms with Gasteiger partial charge in [0.05, 0.1) is 6.10 Å². The van der Waals surface area contributed by atoms with Crippen LogP contribution in [0.3, 0.4) is 0 Å². The van der Waals surface area contributed by atoms with Crippen LogP contribution in [0.15, 0.2) is 0 Å². The molecule has 0 saturated heterocycles. The van der Waals surface area contributed by atoms with E-state index in [2.05, 4.69) is 20.8 Å². The monoisotopic (exact) mass is 162 g/mol. The molecule has 62 valence electrons. The first-order valence-electron chi connectivity index (χ1n) is 3.96. The van der Waals surface area contributed by atoms with E-state index >= 15 is 0 Å². The summed E-state index contributed by atoms with van der Waals surface area (Å²) in [6.45, 7) is 6.41. The first-order chi connectivity index (χ1) is 4.66. The molecule has 0 spiro atoms. The Kier molecular flexibility index (Phi) is 6.24. The number of hydrogen-bond acceptors (Lipinski definition) is 2. The predicted molar refractivity (Wildman–Crippen MR) is 48.5 cm³/mol. The zero-order valence-corrected chi connectivity index (χ0v) is 7.95. The van der Waals surface area contributed by atoms with Crippen LogP contribution in [0, 0.1) is 0 Å². The van der Waals surface area contributed by atoms with Crippen molar-refractivity contribution < 1.29 is 5.11 Å². The Morgan fingerprint density at radius 1 is 1.40 bits per heavy atom. The maximum absolute atomic E-state index is 9.28. The lowest BCUT2D eigenvalue weighted by atomic mass is 10.2. The second-order valence-electron chi connectivity index (χ2n) is 2.82. The largest absolute Gasteiger partial charge is 0.392 e. The molecule has 0 aliphatic carbocycles. The van der Waals surface area contributed by atoms with Crippen LogP contribution >= 0.6 is 11.8 Å². The van der Waals surface area contributed by atoms with Gasteiger partial charge >= 0.3 is 0 Å². The topological polar surface area (TPSA) is 20.2 Å². The summed E-state index contributed by atoms with van der Waals surface area (Å²) in [5, 5.41) is 9.92. The van der Waals surface area contributed by atoms with E-state index in [0.717, 1.165) is 18.6 Å². The summed E-state index contributed by atoms with van der Waals surface area (Å²) >= 11 is 1.83. The van der Waals surface area contributed by atoms with E-state index in [9.17, 15) is 5.11 Å². The highest BCUT2D eigenvalue weighted by Gasteiger charge is 2.03. The zero-order valence-electron chi connectivity index (χ0n) is 7.13. The van der Waals surface area contributed by atoms with Gasteiger partial charge in [0, 0.05) is 5.75 Å². The molecule has 1 unspecified atom stereocenters. The van der Waals surface area contributed by atoms with E-state index in [4.69, 9.17) is 0 Å². The van der Waals surface area contributed by atoms with Gasteiger partial charge in [-0.15, -0.1) is 0 Å². The maximum atomic E-state index is 9.28. The number of aliphatic hydroxyl groups is 1. The third-order valence-corrected chi connectivity index (χ3v) is 2.49. The fourth-order valence-electron chi connectivity index (χ4n) is 0.720. The average molecular weight is 162 g/mol. The van der Waals surface area contributed by atoms with E-state index < -0.39 is 0 Å². The van der Waals surface area contributed by atoms with Gasteiger partial charge in [-0.25, -0.2) is 0 Å². The molecule has 0 bridgehead atoms. The van der Waals surface area contributed by atoms with Crippen molar-refractivity contribution in [1.29, 1.82) is 0 Å². The molecule has 0 radical (unpaired) electrons. The molecule has 0 aliphatic heterocycles. The van der Waals surface area contributed by atoms with Gasteiger partial charge in [0.25, 0.3) is 0 Å². The Morgan fingerprint density at radius 3 is 2.40 bits per heavy atom. The zero-order chi connectivity index (χ0) is 7.98. The van der Waals surface area contributed by atoms with Gasteiger partial charge < -0.3 is 5.11 Å². The second-order valence-corrected chi connectivity index (χ2v) is 4.43. The van der Waals surface area contributed by atoms with Crippen molar-refractivity contribution in [3.63, 3.8) is 0 Å². The Labute approximate surface area is 68.2 Å². The van der Waals surface area contributed by atoms with Gasteiger partial charge in [0.15, 0.2) is 0 Å². The summed E-state index contributed by atoms with van der Waals surface area (Å²) < 4.78 is 0. The molecule has 1 atom stereocenters. The van der Waals surface area contributed by atoms with Gasteiger partial charge in [-0.05, 0) is 11.7 Å². The molecular weight excluding hydrogens is 144 g/mol. The molecule has 0 amide bonds. The van der Waals surface area contributed by atoms with E-state index in [0.29, 0.717) is 5.25 Å². The molecule has 0 aromatic heterocycles. The van der Waals surface area contributed by atoms with Gasteiger partial charge in [-0.1, -0.05) is 27.2 Å². The first-order valence-corrected chi connectivity index (χ1v) is 5.01. The predicted octanol–water partition coefficient (Wildman–Crippen LogP) is 2.29. The molecule has 0 rings (SSSR count). The Hall–Kier alpha value is 0.310. The Morgan fingerprint density at radius 2 is 2.00 bits per heavy atom. The lowest BCUT2D eigenvalue weighted by Crippen LogP contribution is -2.10. The number of rotatable bonds is 5. The minimum atomic E-state index is -0.0857. The summed E-state index contributed by atoms with van der Waals surface area (Å²) in [4.78, 5) is 0. The van der Waals surface area contributed by atoms with Gasteiger partial charge in [-0.3, -0.25) is 0 Å². The molecule has 1 nitrogen and oxygen atoms in total. The van der Waals surface area contributed by atoms with Crippen molar-refractivity contribution in [2.24, 2.45) is 0 Å². The maximum Gasteiger partial charge on any atom is 0.0630 e. The van der Waals surface area contributed by atoms with E-state index in [-0.39, 0.29) is 6.10 Å². The van der Waals surface area contributed by atoms with Gasteiger partial charge in [-0.2, -0.15) is 11.8 Å². The molecule has 0 saturated carbocycles. The lowest BCUT2D eigenvalue weighted by molar-refractivity contribution is 0.188. The highest BCUT2D eigenvalue weighted by molar-refractivity contribution is 7.99. The van der Waals surface area contributed by atoms with Crippen molar-refractivity contribution in [2.45, 2.75) is 45.0 Å². The van der Waals surface area contributed by atoms with E-state index in [1.807, 2.05) is 11.8 Å². The van der Waals surface area contributed by atoms with Crippen LogP contribution in [0.2, 0.25) is 0 Å². The number of hydrogen-bond donors (Lipinski definition) is 1. The summed E-state index contributed by atoms with van der Waals surface area (Å²) in [5.41, 5.74) is 0. The number of thioether (sulfide) groups is 1. The van der Waals surface area contributed by atoms with Crippen molar-refractivity contribution in [2.75, 3.05) is 5.75 Å². The number of aliphatic hydroxyl groups excluding tert-OH is 1. The molecule has 10 heavy (non-hydrogen) atoms. The highest BCUT2D eigenvalue weighted by atomic mass is 32.2. The molecular formula is C8H18OS. The molecule has 0 aromatic carbocycles. The van der Waals surface area contributed by atoms with Crippen LogP contribution in [0.1, 0.15) is 33.6 Å². The molecule has 1 N–H and O–H groups in total. The SMILES string of the molecule is CCCC(O)CSC(C)C. The fraction of sp³-hybridized carbons (Fsp3) is 1.00.